The number of ether oxygens (including phenoxy) is 3. The first kappa shape index (κ1) is 29.1. The number of hydrogen-bond acceptors (Lipinski definition) is 8. The van der Waals surface area contributed by atoms with E-state index in [4.69, 9.17) is 19.3 Å². The lowest BCUT2D eigenvalue weighted by Gasteiger charge is -2.09. The zero-order chi connectivity index (χ0) is 30.5. The van der Waals surface area contributed by atoms with Gasteiger partial charge < -0.3 is 14.2 Å². The minimum absolute atomic E-state index is 0.235. The number of unbranched alkanes of at least 4 members (excludes halogenated alkanes) is 3. The van der Waals surface area contributed by atoms with Gasteiger partial charge in [0.1, 0.15) is 11.4 Å². The van der Waals surface area contributed by atoms with Crippen molar-refractivity contribution in [1.29, 1.82) is 0 Å². The van der Waals surface area contributed by atoms with Crippen molar-refractivity contribution in [1.82, 2.24) is 24.4 Å². The second-order valence-corrected chi connectivity index (χ2v) is 11.3. The van der Waals surface area contributed by atoms with E-state index in [1.54, 1.807) is 18.9 Å². The van der Waals surface area contributed by atoms with Crippen LogP contribution in [-0.4, -0.2) is 45.2 Å². The predicted octanol–water partition coefficient (Wildman–Crippen LogP) is 6.19. The summed E-state index contributed by atoms with van der Waals surface area (Å²) in [4.78, 5) is 18.7. The van der Waals surface area contributed by atoms with Crippen LogP contribution in [0.25, 0.3) is 39.4 Å². The number of aromatic nitrogens is 5. The van der Waals surface area contributed by atoms with Gasteiger partial charge in [-0.25, -0.2) is 4.68 Å². The highest BCUT2D eigenvalue weighted by Crippen LogP contribution is 2.33. The van der Waals surface area contributed by atoms with Gasteiger partial charge in [0.2, 0.25) is 4.96 Å². The summed E-state index contributed by atoms with van der Waals surface area (Å²) in [6.07, 6.45) is 8.40. The SMILES string of the molecule is CCCCCCOc1ccc(-c2nc3sc(=Cc4cn(-c5ccccc5)nc4-c4ccc(OC)c(OC)c4)c(=O)n3n2)cc1. The molecular formula is C34H33N5O4S. The van der Waals surface area contributed by atoms with Gasteiger partial charge in [-0.1, -0.05) is 55.7 Å². The molecule has 0 N–H and O–H groups in total. The molecule has 0 spiro atoms. The van der Waals surface area contributed by atoms with Gasteiger partial charge in [-0.3, -0.25) is 4.79 Å². The number of fused-ring (bicyclic) bond motifs is 1. The fourth-order valence-corrected chi connectivity index (χ4v) is 5.83. The molecule has 3 aromatic carbocycles. The van der Waals surface area contributed by atoms with Crippen LogP contribution in [-0.2, 0) is 0 Å². The fourth-order valence-electron chi connectivity index (χ4n) is 4.93. The highest BCUT2D eigenvalue weighted by Gasteiger charge is 2.16. The van der Waals surface area contributed by atoms with Crippen molar-refractivity contribution < 1.29 is 14.2 Å². The molecule has 0 aliphatic heterocycles. The van der Waals surface area contributed by atoms with Crippen LogP contribution in [0, 0.1) is 0 Å². The highest BCUT2D eigenvalue weighted by atomic mass is 32.1. The molecule has 0 aliphatic carbocycles. The average Bonchev–Trinajstić information content (AvgIpc) is 3.76. The van der Waals surface area contributed by atoms with Crippen molar-refractivity contribution in [2.45, 2.75) is 32.6 Å². The van der Waals surface area contributed by atoms with Crippen LogP contribution in [0.3, 0.4) is 0 Å². The van der Waals surface area contributed by atoms with Crippen molar-refractivity contribution in [3.05, 3.63) is 99.4 Å². The predicted molar refractivity (Wildman–Crippen MR) is 173 cm³/mol. The number of para-hydroxylation sites is 1. The zero-order valence-electron chi connectivity index (χ0n) is 24.9. The van der Waals surface area contributed by atoms with E-state index in [-0.39, 0.29) is 5.56 Å². The van der Waals surface area contributed by atoms with Crippen LogP contribution >= 0.6 is 11.3 Å². The Morgan fingerprint density at radius 3 is 2.36 bits per heavy atom. The van der Waals surface area contributed by atoms with Gasteiger partial charge in [-0.15, -0.1) is 5.10 Å². The van der Waals surface area contributed by atoms with Crippen LogP contribution in [0.2, 0.25) is 0 Å². The molecule has 6 rings (SSSR count). The highest BCUT2D eigenvalue weighted by molar-refractivity contribution is 7.15. The lowest BCUT2D eigenvalue weighted by atomic mass is 10.1. The zero-order valence-corrected chi connectivity index (χ0v) is 25.7. The standard InChI is InChI=1S/C34H33N5O4S/c1-4-5-6-10-19-43-27-16-13-23(14-17-27)32-35-34-39(37-32)33(40)30(44-34)21-25-22-38(26-11-8-7-9-12-26)36-31(25)24-15-18-28(41-2)29(20-24)42-3/h7-9,11-18,20-22H,4-6,10,19H2,1-3H3. The molecule has 10 heteroatoms. The Bertz CT molecular complexity index is 1980. The minimum atomic E-state index is -0.235. The van der Waals surface area contributed by atoms with Crippen LogP contribution in [0.5, 0.6) is 17.2 Å². The Balaban J connectivity index is 1.32. The third kappa shape index (κ3) is 6.07. The molecule has 0 radical (unpaired) electrons. The summed E-state index contributed by atoms with van der Waals surface area (Å²) in [7, 11) is 3.20. The van der Waals surface area contributed by atoms with Gasteiger partial charge in [-0.2, -0.15) is 14.6 Å². The molecule has 3 aromatic heterocycles. The number of hydrogen-bond donors (Lipinski definition) is 0. The number of rotatable bonds is 12. The molecule has 0 saturated carbocycles. The Morgan fingerprint density at radius 2 is 1.64 bits per heavy atom. The van der Waals surface area contributed by atoms with E-state index in [1.165, 1.54) is 35.1 Å². The van der Waals surface area contributed by atoms with Crippen molar-refractivity contribution in [3.63, 3.8) is 0 Å². The van der Waals surface area contributed by atoms with E-state index >= 15 is 0 Å². The average molecular weight is 608 g/mol. The Labute approximate surface area is 259 Å². The molecule has 0 aliphatic rings. The maximum Gasteiger partial charge on any atom is 0.291 e. The van der Waals surface area contributed by atoms with Crippen LogP contribution in [0.1, 0.15) is 38.2 Å². The van der Waals surface area contributed by atoms with Gasteiger partial charge in [0, 0.05) is 22.9 Å². The third-order valence-electron chi connectivity index (χ3n) is 7.27. The molecule has 6 aromatic rings. The van der Waals surface area contributed by atoms with Gasteiger partial charge in [0.25, 0.3) is 5.56 Å². The molecule has 3 heterocycles. The minimum Gasteiger partial charge on any atom is -0.494 e. The molecule has 224 valence electrons. The fraction of sp³-hybridized carbons (Fsp3) is 0.235. The quantitative estimate of drug-likeness (QED) is 0.153. The largest absolute Gasteiger partial charge is 0.494 e. The molecule has 0 amide bonds. The summed E-state index contributed by atoms with van der Waals surface area (Å²) in [5.41, 5.74) is 3.78. The first-order valence-electron chi connectivity index (χ1n) is 14.6. The number of thiazole rings is 1. The van der Waals surface area contributed by atoms with Crippen LogP contribution in [0.4, 0.5) is 0 Å². The van der Waals surface area contributed by atoms with E-state index in [0.29, 0.717) is 39.1 Å². The first-order valence-corrected chi connectivity index (χ1v) is 15.4. The van der Waals surface area contributed by atoms with Crippen molar-refractivity contribution in [2.75, 3.05) is 20.8 Å². The van der Waals surface area contributed by atoms with Gasteiger partial charge >= 0.3 is 0 Å². The second kappa shape index (κ2) is 13.1. The summed E-state index contributed by atoms with van der Waals surface area (Å²) < 4.78 is 20.5. The Kier molecular flexibility index (Phi) is 8.69. The normalized spacial score (nSPS) is 11.8. The molecule has 9 nitrogen and oxygen atoms in total. The molecule has 0 fully saturated rings. The molecule has 0 unspecified atom stereocenters. The van der Waals surface area contributed by atoms with E-state index < -0.39 is 0 Å². The Morgan fingerprint density at radius 1 is 0.864 bits per heavy atom. The smallest absolute Gasteiger partial charge is 0.291 e. The Hall–Kier alpha value is -4.96. The monoisotopic (exact) mass is 607 g/mol. The van der Waals surface area contributed by atoms with Crippen LogP contribution < -0.4 is 24.3 Å². The van der Waals surface area contributed by atoms with Crippen molar-refractivity contribution in [2.24, 2.45) is 0 Å². The van der Waals surface area contributed by atoms with Crippen molar-refractivity contribution in [3.8, 4) is 45.6 Å². The topological polar surface area (TPSA) is 92.8 Å². The van der Waals surface area contributed by atoms with E-state index in [2.05, 4.69) is 17.0 Å². The number of nitrogens with zero attached hydrogens (tertiary/aromatic N) is 5. The summed E-state index contributed by atoms with van der Waals surface area (Å²) >= 11 is 1.29. The first-order chi connectivity index (χ1) is 21.6. The molecule has 0 bridgehead atoms. The number of benzene rings is 3. The molecule has 0 saturated heterocycles. The van der Waals surface area contributed by atoms with Gasteiger partial charge in [0.05, 0.1) is 31.0 Å². The van der Waals surface area contributed by atoms with Crippen LogP contribution in [0.15, 0.2) is 83.8 Å². The van der Waals surface area contributed by atoms with E-state index in [9.17, 15) is 4.79 Å². The van der Waals surface area contributed by atoms with Gasteiger partial charge in [0.15, 0.2) is 17.3 Å². The lowest BCUT2D eigenvalue weighted by molar-refractivity contribution is 0.305. The summed E-state index contributed by atoms with van der Waals surface area (Å²) in [5.74, 6) is 2.52. The lowest BCUT2D eigenvalue weighted by Crippen LogP contribution is -2.23. The number of methoxy groups -OCH3 is 2. The maximum atomic E-state index is 13.5. The van der Waals surface area contributed by atoms with Crippen molar-refractivity contribution >= 4 is 22.4 Å². The summed E-state index contributed by atoms with van der Waals surface area (Å²) in [5, 5.41) is 9.42. The van der Waals surface area contributed by atoms with E-state index in [0.717, 1.165) is 34.5 Å². The van der Waals surface area contributed by atoms with Gasteiger partial charge in [-0.05, 0) is 67.1 Å². The molecular weight excluding hydrogens is 574 g/mol. The van der Waals surface area contributed by atoms with E-state index in [1.807, 2.05) is 85.1 Å². The third-order valence-corrected chi connectivity index (χ3v) is 8.23. The summed E-state index contributed by atoms with van der Waals surface area (Å²) in [6, 6.07) is 23.2. The second-order valence-electron chi connectivity index (χ2n) is 10.3. The summed E-state index contributed by atoms with van der Waals surface area (Å²) in [6.45, 7) is 2.90. The molecule has 0 atom stereocenters. The molecule has 44 heavy (non-hydrogen) atoms. The maximum absolute atomic E-state index is 13.5.